The van der Waals surface area contributed by atoms with Crippen molar-refractivity contribution in [3.63, 3.8) is 0 Å². The first-order valence-corrected chi connectivity index (χ1v) is 11.9. The van der Waals surface area contributed by atoms with Gasteiger partial charge in [0.1, 0.15) is 0 Å². The summed E-state index contributed by atoms with van der Waals surface area (Å²) in [5, 5.41) is 10.8. The number of aliphatic hydroxyl groups is 1. The molecule has 1 aliphatic heterocycles. The van der Waals surface area contributed by atoms with Crippen molar-refractivity contribution in [3.05, 3.63) is 71.8 Å². The number of hydrogen-bond donors (Lipinski definition) is 1. The topological polar surface area (TPSA) is 66.8 Å². The molecule has 0 aromatic heterocycles. The molecule has 33 heavy (non-hydrogen) atoms. The molecule has 0 bridgehead atoms. The van der Waals surface area contributed by atoms with Gasteiger partial charge in [-0.05, 0) is 54.5 Å². The first-order valence-electron chi connectivity index (χ1n) is 11.9. The van der Waals surface area contributed by atoms with Crippen LogP contribution in [-0.2, 0) is 14.3 Å². The lowest BCUT2D eigenvalue weighted by Gasteiger charge is -2.22. The number of aryl methyl sites for hydroxylation is 1. The molecule has 3 rings (SSSR count). The monoisotopic (exact) mass is 449 g/mol. The second kappa shape index (κ2) is 12.4. The summed E-state index contributed by atoms with van der Waals surface area (Å²) in [6.07, 6.45) is 8.52. The van der Waals surface area contributed by atoms with Crippen LogP contribution in [0.25, 0.3) is 11.1 Å². The highest BCUT2D eigenvalue weighted by Crippen LogP contribution is 2.27. The Bertz CT molecular complexity index is 968. The first-order chi connectivity index (χ1) is 16.0. The summed E-state index contributed by atoms with van der Waals surface area (Å²) in [5.74, 6) is 0.00756. The zero-order valence-electron chi connectivity index (χ0n) is 19.7. The quantitative estimate of drug-likeness (QED) is 0.285. The molecule has 1 N–H and O–H groups in total. The van der Waals surface area contributed by atoms with Crippen molar-refractivity contribution in [2.45, 2.75) is 64.0 Å². The number of benzene rings is 2. The molecular weight excluding hydrogens is 414 g/mol. The molecule has 1 heterocycles. The number of carbonyl (C=O) groups is 2. The van der Waals surface area contributed by atoms with Crippen LogP contribution in [0.1, 0.15) is 62.2 Å². The van der Waals surface area contributed by atoms with Crippen LogP contribution in [0.15, 0.2) is 60.7 Å². The van der Waals surface area contributed by atoms with E-state index in [0.29, 0.717) is 19.4 Å². The highest BCUT2D eigenvalue weighted by molar-refractivity contribution is 5.79. The number of ether oxygens (including phenoxy) is 1. The summed E-state index contributed by atoms with van der Waals surface area (Å²) in [6.45, 7) is 2.80. The number of amides is 1. The third-order valence-electron chi connectivity index (χ3n) is 6.33. The summed E-state index contributed by atoms with van der Waals surface area (Å²) in [4.78, 5) is 25.4. The van der Waals surface area contributed by atoms with Gasteiger partial charge in [0.15, 0.2) is 0 Å². The van der Waals surface area contributed by atoms with E-state index < -0.39 is 6.10 Å². The largest absolute Gasteiger partial charge is 0.469 e. The Hall–Kier alpha value is -2.92. The van der Waals surface area contributed by atoms with Crippen LogP contribution in [0.2, 0.25) is 0 Å². The fourth-order valence-corrected chi connectivity index (χ4v) is 4.39. The maximum absolute atomic E-state index is 12.3. The standard InChI is InChI=1S/C28H35NO4/c1-21-10-6-7-13-25(21)22-11-9-12-23(20-22)26(30)17-15-24-16-18-27(31)29(24)19-8-4-3-5-14-28(32)33-2/h6-7,9-13,15,17,20,24,26,30H,3-5,8,14,16,18-19H2,1-2H3/b17-15+/t24?,26-/m1/s1. The molecule has 0 spiro atoms. The molecular formula is C28H35NO4. The second-order valence-corrected chi connectivity index (χ2v) is 8.70. The number of nitrogens with zero attached hydrogens (tertiary/aromatic N) is 1. The minimum atomic E-state index is -0.718. The number of rotatable bonds is 11. The van der Waals surface area contributed by atoms with Gasteiger partial charge in [-0.25, -0.2) is 0 Å². The van der Waals surface area contributed by atoms with Gasteiger partial charge in [-0.15, -0.1) is 0 Å². The van der Waals surface area contributed by atoms with E-state index >= 15 is 0 Å². The number of methoxy groups -OCH3 is 1. The van der Waals surface area contributed by atoms with E-state index in [9.17, 15) is 14.7 Å². The van der Waals surface area contributed by atoms with Crippen LogP contribution in [-0.4, -0.2) is 41.6 Å². The van der Waals surface area contributed by atoms with E-state index in [1.807, 2.05) is 47.4 Å². The summed E-state index contributed by atoms with van der Waals surface area (Å²) < 4.78 is 4.66. The third kappa shape index (κ3) is 7.03. The highest BCUT2D eigenvalue weighted by atomic mass is 16.5. The molecule has 5 nitrogen and oxygen atoms in total. The van der Waals surface area contributed by atoms with Crippen molar-refractivity contribution >= 4 is 11.9 Å². The Labute approximate surface area is 197 Å². The summed E-state index contributed by atoms with van der Waals surface area (Å²) in [6, 6.07) is 16.3. The molecule has 1 fully saturated rings. The van der Waals surface area contributed by atoms with Gasteiger partial charge in [-0.3, -0.25) is 9.59 Å². The Morgan fingerprint density at radius 2 is 1.94 bits per heavy atom. The highest BCUT2D eigenvalue weighted by Gasteiger charge is 2.28. The Balaban J connectivity index is 1.54. The van der Waals surface area contributed by atoms with Crippen molar-refractivity contribution in [1.82, 2.24) is 4.90 Å². The number of unbranched alkanes of at least 4 members (excludes halogenated alkanes) is 3. The normalized spacial score (nSPS) is 17.0. The predicted octanol–water partition coefficient (Wildman–Crippen LogP) is 5.37. The van der Waals surface area contributed by atoms with Gasteiger partial charge in [0, 0.05) is 19.4 Å². The molecule has 176 valence electrons. The lowest BCUT2D eigenvalue weighted by atomic mass is 9.97. The van der Waals surface area contributed by atoms with E-state index in [2.05, 4.69) is 29.9 Å². The molecule has 2 atom stereocenters. The summed E-state index contributed by atoms with van der Waals surface area (Å²) in [7, 11) is 1.41. The van der Waals surface area contributed by atoms with Crippen LogP contribution in [0.5, 0.6) is 0 Å². The van der Waals surface area contributed by atoms with Crippen LogP contribution in [0, 0.1) is 6.92 Å². The number of esters is 1. The average molecular weight is 450 g/mol. The van der Waals surface area contributed by atoms with E-state index in [-0.39, 0.29) is 17.9 Å². The molecule has 5 heteroatoms. The minimum absolute atomic E-state index is 0.0294. The fourth-order valence-electron chi connectivity index (χ4n) is 4.39. The maximum Gasteiger partial charge on any atom is 0.305 e. The smallest absolute Gasteiger partial charge is 0.305 e. The van der Waals surface area contributed by atoms with Crippen LogP contribution in [0.3, 0.4) is 0 Å². The second-order valence-electron chi connectivity index (χ2n) is 8.70. The van der Waals surface area contributed by atoms with Gasteiger partial charge in [-0.2, -0.15) is 0 Å². The van der Waals surface area contributed by atoms with Crippen molar-refractivity contribution in [3.8, 4) is 11.1 Å². The van der Waals surface area contributed by atoms with E-state index in [4.69, 9.17) is 0 Å². The minimum Gasteiger partial charge on any atom is -0.469 e. The molecule has 2 aromatic rings. The maximum atomic E-state index is 12.3. The molecule has 1 saturated heterocycles. The van der Waals surface area contributed by atoms with Gasteiger partial charge < -0.3 is 14.7 Å². The van der Waals surface area contributed by atoms with Crippen LogP contribution >= 0.6 is 0 Å². The summed E-state index contributed by atoms with van der Waals surface area (Å²) >= 11 is 0. The zero-order chi connectivity index (χ0) is 23.6. The molecule has 1 aliphatic rings. The average Bonchev–Trinajstić information content (AvgIpc) is 3.19. The third-order valence-corrected chi connectivity index (χ3v) is 6.33. The van der Waals surface area contributed by atoms with E-state index in [1.54, 1.807) is 0 Å². The Morgan fingerprint density at radius 1 is 1.15 bits per heavy atom. The van der Waals surface area contributed by atoms with E-state index in [0.717, 1.165) is 48.8 Å². The van der Waals surface area contributed by atoms with E-state index in [1.165, 1.54) is 12.7 Å². The lowest BCUT2D eigenvalue weighted by molar-refractivity contribution is -0.140. The van der Waals surface area contributed by atoms with Gasteiger partial charge in [0.2, 0.25) is 5.91 Å². The van der Waals surface area contributed by atoms with Crippen LogP contribution in [0.4, 0.5) is 0 Å². The SMILES string of the molecule is COC(=O)CCCCCCN1C(=O)CCC1/C=C/[C@@H](O)c1cccc(-c2ccccc2C)c1. The number of aliphatic hydroxyl groups excluding tert-OH is 1. The first kappa shape index (κ1) is 24.7. The summed E-state index contributed by atoms with van der Waals surface area (Å²) in [5.41, 5.74) is 4.29. The van der Waals surface area contributed by atoms with Gasteiger partial charge >= 0.3 is 5.97 Å². The van der Waals surface area contributed by atoms with Gasteiger partial charge in [-0.1, -0.05) is 67.5 Å². The lowest BCUT2D eigenvalue weighted by Crippen LogP contribution is -2.32. The molecule has 1 unspecified atom stereocenters. The number of carbonyl (C=O) groups excluding carboxylic acids is 2. The van der Waals surface area contributed by atoms with Gasteiger partial charge in [0.25, 0.3) is 0 Å². The zero-order valence-corrected chi connectivity index (χ0v) is 19.7. The van der Waals surface area contributed by atoms with Crippen molar-refractivity contribution in [2.75, 3.05) is 13.7 Å². The fraction of sp³-hybridized carbons (Fsp3) is 0.429. The number of hydrogen-bond acceptors (Lipinski definition) is 4. The molecule has 0 aliphatic carbocycles. The molecule has 1 amide bonds. The Morgan fingerprint density at radius 3 is 2.73 bits per heavy atom. The Kier molecular flexibility index (Phi) is 9.25. The molecule has 0 radical (unpaired) electrons. The molecule has 0 saturated carbocycles. The van der Waals surface area contributed by atoms with Crippen LogP contribution < -0.4 is 0 Å². The van der Waals surface area contributed by atoms with Gasteiger partial charge in [0.05, 0.1) is 19.3 Å². The van der Waals surface area contributed by atoms with Crippen molar-refractivity contribution < 1.29 is 19.4 Å². The predicted molar refractivity (Wildman–Crippen MR) is 131 cm³/mol. The number of likely N-dealkylation sites (tertiary alicyclic amines) is 1. The van der Waals surface area contributed by atoms with Crippen molar-refractivity contribution in [2.24, 2.45) is 0 Å². The van der Waals surface area contributed by atoms with Crippen molar-refractivity contribution in [1.29, 1.82) is 0 Å². The molecule has 2 aromatic carbocycles.